The second-order valence-electron chi connectivity index (χ2n) is 4.88. The summed E-state index contributed by atoms with van der Waals surface area (Å²) in [6, 6.07) is 29.1. The molecule has 0 atom stereocenters. The zero-order valence-corrected chi connectivity index (χ0v) is 11.2. The lowest BCUT2D eigenvalue weighted by Crippen LogP contribution is -2.52. The van der Waals surface area contributed by atoms with E-state index in [1.54, 1.807) is 0 Å². The molecule has 3 aromatic carbocycles. The Labute approximate surface area is 120 Å². The van der Waals surface area contributed by atoms with E-state index in [1.807, 2.05) is 30.3 Å². The van der Waals surface area contributed by atoms with Crippen molar-refractivity contribution in [3.8, 4) is 0 Å². The molecule has 3 rings (SSSR count). The molecule has 96 valence electrons. The minimum absolute atomic E-state index is 0.179. The summed E-state index contributed by atoms with van der Waals surface area (Å²) in [6.07, 6.45) is 0. The van der Waals surface area contributed by atoms with E-state index in [0.717, 1.165) is 11.2 Å². The van der Waals surface area contributed by atoms with E-state index >= 15 is 0 Å². The van der Waals surface area contributed by atoms with Crippen molar-refractivity contribution in [2.75, 3.05) is 5.73 Å². The zero-order valence-electron chi connectivity index (χ0n) is 11.2. The molecular formula is C18H16BN. The minimum Gasteiger partial charge on any atom is -0.399 e. The number of anilines is 1. The van der Waals surface area contributed by atoms with Gasteiger partial charge in [0.2, 0.25) is 6.71 Å². The third kappa shape index (κ3) is 2.46. The van der Waals surface area contributed by atoms with Crippen LogP contribution >= 0.6 is 0 Å². The lowest BCUT2D eigenvalue weighted by atomic mass is 9.36. The fourth-order valence-corrected chi connectivity index (χ4v) is 2.62. The molecule has 0 aliphatic heterocycles. The summed E-state index contributed by atoms with van der Waals surface area (Å²) in [5.41, 5.74) is 10.7. The highest BCUT2D eigenvalue weighted by atomic mass is 14.5. The molecule has 3 aromatic rings. The van der Waals surface area contributed by atoms with Crippen molar-refractivity contribution < 1.29 is 0 Å². The molecule has 2 heteroatoms. The van der Waals surface area contributed by atoms with Crippen LogP contribution in [-0.4, -0.2) is 6.71 Å². The lowest BCUT2D eigenvalue weighted by Gasteiger charge is -2.17. The lowest BCUT2D eigenvalue weighted by molar-refractivity contribution is 1.70. The van der Waals surface area contributed by atoms with Crippen LogP contribution in [0.2, 0.25) is 0 Å². The fraction of sp³-hybridized carbons (Fsp3) is 0. The molecular weight excluding hydrogens is 241 g/mol. The second-order valence-corrected chi connectivity index (χ2v) is 4.88. The van der Waals surface area contributed by atoms with Crippen LogP contribution in [0.4, 0.5) is 5.69 Å². The first-order valence-corrected chi connectivity index (χ1v) is 6.80. The molecule has 0 saturated heterocycles. The van der Waals surface area contributed by atoms with Crippen LogP contribution in [0.15, 0.2) is 84.9 Å². The Morgan fingerprint density at radius 3 is 1.50 bits per heavy atom. The van der Waals surface area contributed by atoms with Gasteiger partial charge in [-0.25, -0.2) is 0 Å². The second kappa shape index (κ2) is 5.66. The molecule has 0 amide bonds. The predicted molar refractivity (Wildman–Crippen MR) is 88.4 cm³/mol. The molecule has 0 unspecified atom stereocenters. The highest BCUT2D eigenvalue weighted by molar-refractivity contribution is 6.96. The van der Waals surface area contributed by atoms with Crippen molar-refractivity contribution >= 4 is 28.8 Å². The molecule has 0 bridgehead atoms. The number of hydrogen-bond donors (Lipinski definition) is 1. The Kier molecular flexibility index (Phi) is 3.55. The first-order valence-electron chi connectivity index (χ1n) is 6.80. The van der Waals surface area contributed by atoms with Gasteiger partial charge >= 0.3 is 0 Å². The average Bonchev–Trinajstić information content (AvgIpc) is 2.52. The van der Waals surface area contributed by atoms with Crippen molar-refractivity contribution in [2.45, 2.75) is 0 Å². The molecule has 0 saturated carbocycles. The van der Waals surface area contributed by atoms with Crippen LogP contribution in [-0.2, 0) is 0 Å². The Morgan fingerprint density at radius 1 is 0.550 bits per heavy atom. The number of rotatable bonds is 3. The van der Waals surface area contributed by atoms with Gasteiger partial charge in [0.25, 0.3) is 0 Å². The Balaban J connectivity index is 2.17. The van der Waals surface area contributed by atoms with Gasteiger partial charge in [0.1, 0.15) is 0 Å². The highest BCUT2D eigenvalue weighted by Crippen LogP contribution is 2.02. The normalized spacial score (nSPS) is 10.2. The van der Waals surface area contributed by atoms with Crippen LogP contribution < -0.4 is 22.1 Å². The van der Waals surface area contributed by atoms with Gasteiger partial charge in [0.05, 0.1) is 0 Å². The van der Waals surface area contributed by atoms with E-state index in [4.69, 9.17) is 5.73 Å². The Bertz CT molecular complexity index is 641. The molecule has 0 radical (unpaired) electrons. The van der Waals surface area contributed by atoms with Gasteiger partial charge in [-0.1, -0.05) is 89.8 Å². The van der Waals surface area contributed by atoms with E-state index in [2.05, 4.69) is 54.6 Å². The van der Waals surface area contributed by atoms with Crippen LogP contribution in [0.5, 0.6) is 0 Å². The summed E-state index contributed by atoms with van der Waals surface area (Å²) in [5, 5.41) is 0. The van der Waals surface area contributed by atoms with Gasteiger partial charge in [0, 0.05) is 5.69 Å². The van der Waals surface area contributed by atoms with E-state index in [9.17, 15) is 0 Å². The maximum Gasteiger partial charge on any atom is 0.243 e. The summed E-state index contributed by atoms with van der Waals surface area (Å²) >= 11 is 0. The number of benzene rings is 3. The van der Waals surface area contributed by atoms with Crippen molar-refractivity contribution in [1.82, 2.24) is 0 Å². The topological polar surface area (TPSA) is 26.0 Å². The van der Waals surface area contributed by atoms with Gasteiger partial charge in [-0.05, 0) is 11.5 Å². The largest absolute Gasteiger partial charge is 0.399 e. The van der Waals surface area contributed by atoms with Crippen LogP contribution in [0.3, 0.4) is 0 Å². The van der Waals surface area contributed by atoms with Gasteiger partial charge in [-0.15, -0.1) is 0 Å². The van der Waals surface area contributed by atoms with Crippen molar-refractivity contribution in [3.05, 3.63) is 84.9 Å². The number of nitrogens with two attached hydrogens (primary N) is 1. The third-order valence-electron chi connectivity index (χ3n) is 3.57. The van der Waals surface area contributed by atoms with Crippen LogP contribution in [0, 0.1) is 0 Å². The maximum atomic E-state index is 6.20. The average molecular weight is 257 g/mol. The Hall–Kier alpha value is -2.48. The molecule has 1 nitrogen and oxygen atoms in total. The first-order chi connectivity index (χ1) is 9.86. The SMILES string of the molecule is Nc1ccccc1B(c1ccccc1)c1ccccc1. The number of para-hydroxylation sites is 1. The van der Waals surface area contributed by atoms with E-state index in [0.29, 0.717) is 0 Å². The number of hydrogen-bond acceptors (Lipinski definition) is 1. The molecule has 0 aliphatic rings. The number of nitrogen functional groups attached to an aromatic ring is 1. The van der Waals surface area contributed by atoms with Gasteiger partial charge in [-0.2, -0.15) is 0 Å². The van der Waals surface area contributed by atoms with Crippen LogP contribution in [0.1, 0.15) is 0 Å². The van der Waals surface area contributed by atoms with Crippen molar-refractivity contribution in [2.24, 2.45) is 0 Å². The standard InChI is InChI=1S/C18H16BN/c20-18-14-8-7-13-17(18)19(15-9-3-1-4-10-15)16-11-5-2-6-12-16/h1-14H,20H2. The van der Waals surface area contributed by atoms with Gasteiger partial charge in [0.15, 0.2) is 0 Å². The summed E-state index contributed by atoms with van der Waals surface area (Å²) in [6.45, 7) is 0.179. The summed E-state index contributed by atoms with van der Waals surface area (Å²) < 4.78 is 0. The molecule has 2 N–H and O–H groups in total. The molecule has 0 aromatic heterocycles. The predicted octanol–water partition coefficient (Wildman–Crippen LogP) is 1.79. The van der Waals surface area contributed by atoms with Crippen molar-refractivity contribution in [1.29, 1.82) is 0 Å². The monoisotopic (exact) mass is 257 g/mol. The smallest absolute Gasteiger partial charge is 0.243 e. The van der Waals surface area contributed by atoms with Crippen molar-refractivity contribution in [3.63, 3.8) is 0 Å². The fourth-order valence-electron chi connectivity index (χ4n) is 2.62. The molecule has 0 fully saturated rings. The summed E-state index contributed by atoms with van der Waals surface area (Å²) in [4.78, 5) is 0. The summed E-state index contributed by atoms with van der Waals surface area (Å²) in [7, 11) is 0. The molecule has 20 heavy (non-hydrogen) atoms. The molecule has 0 spiro atoms. The first kappa shape index (κ1) is 12.6. The molecule has 0 heterocycles. The highest BCUT2D eigenvalue weighted by Gasteiger charge is 2.22. The zero-order chi connectivity index (χ0) is 13.8. The minimum atomic E-state index is 0.179. The van der Waals surface area contributed by atoms with Gasteiger partial charge < -0.3 is 5.73 Å². The quantitative estimate of drug-likeness (QED) is 0.561. The van der Waals surface area contributed by atoms with E-state index < -0.39 is 0 Å². The maximum absolute atomic E-state index is 6.20. The summed E-state index contributed by atoms with van der Waals surface area (Å²) in [5.74, 6) is 0. The van der Waals surface area contributed by atoms with E-state index in [1.165, 1.54) is 10.9 Å². The van der Waals surface area contributed by atoms with Crippen LogP contribution in [0.25, 0.3) is 0 Å². The van der Waals surface area contributed by atoms with Gasteiger partial charge in [-0.3, -0.25) is 0 Å². The Morgan fingerprint density at radius 2 is 1.00 bits per heavy atom. The third-order valence-corrected chi connectivity index (χ3v) is 3.57. The van der Waals surface area contributed by atoms with E-state index in [-0.39, 0.29) is 6.71 Å². The molecule has 0 aliphatic carbocycles.